The SMILES string of the molecule is OC[C@@H]1CCCN1c1nccc(C23CCC(CC2)c2cc(-c4c(F)cccc4F)nnc23)n1. The van der Waals surface area contributed by atoms with Crippen molar-refractivity contribution in [3.8, 4) is 11.3 Å². The largest absolute Gasteiger partial charge is 0.394 e. The number of rotatable bonds is 4. The van der Waals surface area contributed by atoms with Gasteiger partial charge >= 0.3 is 0 Å². The van der Waals surface area contributed by atoms with Gasteiger partial charge in [-0.2, -0.15) is 5.10 Å². The Morgan fingerprint density at radius 2 is 1.85 bits per heavy atom. The molecule has 1 N–H and O–H groups in total. The van der Waals surface area contributed by atoms with Gasteiger partial charge in [0.25, 0.3) is 0 Å². The maximum Gasteiger partial charge on any atom is 0.225 e. The van der Waals surface area contributed by atoms with E-state index in [9.17, 15) is 13.9 Å². The molecule has 1 aromatic carbocycles. The van der Waals surface area contributed by atoms with Gasteiger partial charge in [-0.05, 0) is 74.3 Å². The number of aliphatic hydroxyl groups excluding tert-OH is 1. The van der Waals surface area contributed by atoms with Gasteiger partial charge in [-0.3, -0.25) is 0 Å². The summed E-state index contributed by atoms with van der Waals surface area (Å²) in [6.07, 6.45) is 7.49. The minimum atomic E-state index is -0.635. The van der Waals surface area contributed by atoms with Crippen LogP contribution in [0.3, 0.4) is 0 Å². The van der Waals surface area contributed by atoms with Crippen LogP contribution in [0.15, 0.2) is 36.5 Å². The van der Waals surface area contributed by atoms with E-state index in [4.69, 9.17) is 4.98 Å². The fourth-order valence-electron chi connectivity index (χ4n) is 6.03. The molecule has 1 saturated carbocycles. The monoisotopic (exact) mass is 449 g/mol. The van der Waals surface area contributed by atoms with Gasteiger partial charge in [-0.25, -0.2) is 18.7 Å². The first-order chi connectivity index (χ1) is 16.1. The molecule has 2 aromatic heterocycles. The molecular formula is C25H25F2N5O. The molecule has 3 aromatic rings. The van der Waals surface area contributed by atoms with Gasteiger partial charge in [0, 0.05) is 12.7 Å². The fourth-order valence-corrected chi connectivity index (χ4v) is 6.03. The van der Waals surface area contributed by atoms with Gasteiger partial charge < -0.3 is 10.0 Å². The Morgan fingerprint density at radius 3 is 2.61 bits per heavy atom. The van der Waals surface area contributed by atoms with Crippen LogP contribution in [-0.4, -0.2) is 44.5 Å². The highest BCUT2D eigenvalue weighted by molar-refractivity contribution is 5.62. The van der Waals surface area contributed by atoms with E-state index in [2.05, 4.69) is 20.1 Å². The third-order valence-electron chi connectivity index (χ3n) is 7.75. The van der Waals surface area contributed by atoms with Crippen molar-refractivity contribution in [2.75, 3.05) is 18.1 Å². The molecule has 1 aliphatic heterocycles. The Bertz CT molecular complexity index is 1190. The summed E-state index contributed by atoms with van der Waals surface area (Å²) in [5.41, 5.74) is 2.53. The molecule has 0 amide bonds. The Morgan fingerprint density at radius 1 is 1.06 bits per heavy atom. The quantitative estimate of drug-likeness (QED) is 0.646. The topological polar surface area (TPSA) is 75.0 Å². The zero-order chi connectivity index (χ0) is 22.6. The van der Waals surface area contributed by atoms with Crippen molar-refractivity contribution in [2.45, 2.75) is 55.9 Å². The number of nitrogens with zero attached hydrogens (tertiary/aromatic N) is 5. The molecule has 2 bridgehead atoms. The summed E-state index contributed by atoms with van der Waals surface area (Å²) in [6, 6.07) is 7.67. The van der Waals surface area contributed by atoms with Gasteiger partial charge in [0.1, 0.15) is 11.6 Å². The van der Waals surface area contributed by atoms with E-state index in [-0.39, 0.29) is 29.3 Å². The molecule has 6 nitrogen and oxygen atoms in total. The molecule has 1 saturated heterocycles. The van der Waals surface area contributed by atoms with Gasteiger partial charge in [0.05, 0.1) is 40.7 Å². The highest BCUT2D eigenvalue weighted by Gasteiger charge is 2.49. The molecule has 0 radical (unpaired) electrons. The second kappa shape index (κ2) is 7.80. The van der Waals surface area contributed by atoms with Crippen LogP contribution in [0.25, 0.3) is 11.3 Å². The average molecular weight is 450 g/mol. The van der Waals surface area contributed by atoms with Crippen molar-refractivity contribution in [1.82, 2.24) is 20.2 Å². The first kappa shape index (κ1) is 20.6. The number of fused-ring (bicyclic) bond motifs is 2. The fraction of sp³-hybridized carbons (Fsp3) is 0.440. The van der Waals surface area contributed by atoms with Crippen molar-refractivity contribution in [3.63, 3.8) is 0 Å². The number of benzene rings is 1. The van der Waals surface area contributed by atoms with Crippen LogP contribution in [0.2, 0.25) is 0 Å². The van der Waals surface area contributed by atoms with E-state index in [1.807, 2.05) is 12.1 Å². The molecule has 33 heavy (non-hydrogen) atoms. The van der Waals surface area contributed by atoms with Gasteiger partial charge in [0.2, 0.25) is 5.95 Å². The zero-order valence-electron chi connectivity index (χ0n) is 18.2. The summed E-state index contributed by atoms with van der Waals surface area (Å²) in [5, 5.41) is 18.6. The molecule has 0 unspecified atom stereocenters. The van der Waals surface area contributed by atoms with Crippen molar-refractivity contribution in [3.05, 3.63) is 65.1 Å². The zero-order valence-corrected chi connectivity index (χ0v) is 18.2. The second-order valence-corrected chi connectivity index (χ2v) is 9.40. The summed E-state index contributed by atoms with van der Waals surface area (Å²) in [6.45, 7) is 0.918. The summed E-state index contributed by atoms with van der Waals surface area (Å²) in [5.74, 6) is -0.316. The maximum absolute atomic E-state index is 14.4. The molecule has 1 atom stereocenters. The van der Waals surface area contributed by atoms with Crippen LogP contribution in [0.4, 0.5) is 14.7 Å². The number of hydrogen-bond acceptors (Lipinski definition) is 6. The lowest BCUT2D eigenvalue weighted by Gasteiger charge is -2.46. The lowest BCUT2D eigenvalue weighted by Crippen LogP contribution is -2.41. The third kappa shape index (κ3) is 3.14. The number of halogens is 2. The Kier molecular flexibility index (Phi) is 4.87. The van der Waals surface area contributed by atoms with Crippen LogP contribution in [0.1, 0.15) is 61.4 Å². The second-order valence-electron chi connectivity index (χ2n) is 9.40. The minimum Gasteiger partial charge on any atom is -0.394 e. The van der Waals surface area contributed by atoms with Crippen LogP contribution in [0.5, 0.6) is 0 Å². The summed E-state index contributed by atoms with van der Waals surface area (Å²) in [4.78, 5) is 11.6. The van der Waals surface area contributed by atoms with Crippen molar-refractivity contribution >= 4 is 5.95 Å². The molecule has 0 spiro atoms. The van der Waals surface area contributed by atoms with E-state index in [1.165, 1.54) is 18.2 Å². The van der Waals surface area contributed by atoms with E-state index >= 15 is 0 Å². The molecule has 170 valence electrons. The Labute approximate surface area is 190 Å². The minimum absolute atomic E-state index is 0.0464. The molecule has 2 fully saturated rings. The predicted molar refractivity (Wildman–Crippen MR) is 119 cm³/mol. The lowest BCUT2D eigenvalue weighted by molar-refractivity contribution is 0.260. The highest BCUT2D eigenvalue weighted by atomic mass is 19.1. The highest BCUT2D eigenvalue weighted by Crippen LogP contribution is 2.55. The number of hydrogen-bond donors (Lipinski definition) is 1. The van der Waals surface area contributed by atoms with E-state index in [0.29, 0.717) is 11.9 Å². The van der Waals surface area contributed by atoms with Crippen LogP contribution in [-0.2, 0) is 5.41 Å². The normalized spacial score (nSPS) is 26.0. The lowest BCUT2D eigenvalue weighted by atomic mass is 9.58. The number of aromatic nitrogens is 4. The first-order valence-corrected chi connectivity index (χ1v) is 11.6. The van der Waals surface area contributed by atoms with E-state index in [1.54, 1.807) is 6.20 Å². The smallest absolute Gasteiger partial charge is 0.225 e. The molecule has 3 aliphatic carbocycles. The predicted octanol–water partition coefficient (Wildman–Crippen LogP) is 4.13. The van der Waals surface area contributed by atoms with Crippen molar-refractivity contribution < 1.29 is 13.9 Å². The Hall–Kier alpha value is -3.00. The molecule has 4 aliphatic rings. The standard InChI is InChI=1S/C25H25F2N5O/c26-18-4-1-5-19(27)22(18)20-13-17-15-6-9-25(10-7-15,23(17)31-30-20)21-8-11-28-24(29-21)32-12-2-3-16(32)14-33/h1,4-5,8,11,13,15-16,33H,2-3,6-7,9-10,12,14H2/t15?,16-,25?/m0/s1. The molecular weight excluding hydrogens is 424 g/mol. The van der Waals surface area contributed by atoms with Gasteiger partial charge in [0.15, 0.2) is 0 Å². The van der Waals surface area contributed by atoms with Gasteiger partial charge in [-0.15, -0.1) is 5.10 Å². The van der Waals surface area contributed by atoms with E-state index in [0.717, 1.165) is 62.0 Å². The maximum atomic E-state index is 14.4. The van der Waals surface area contributed by atoms with Crippen LogP contribution < -0.4 is 4.90 Å². The molecule has 7 rings (SSSR count). The Balaban J connectivity index is 1.44. The third-order valence-corrected chi connectivity index (χ3v) is 7.75. The summed E-state index contributed by atoms with van der Waals surface area (Å²) >= 11 is 0. The van der Waals surface area contributed by atoms with Crippen molar-refractivity contribution in [2.24, 2.45) is 0 Å². The van der Waals surface area contributed by atoms with Crippen LogP contribution >= 0.6 is 0 Å². The molecule has 8 heteroatoms. The summed E-state index contributed by atoms with van der Waals surface area (Å²) < 4.78 is 28.8. The number of anilines is 1. The van der Waals surface area contributed by atoms with E-state index < -0.39 is 11.6 Å². The van der Waals surface area contributed by atoms with Gasteiger partial charge in [-0.1, -0.05) is 6.07 Å². The number of aliphatic hydroxyl groups is 1. The summed E-state index contributed by atoms with van der Waals surface area (Å²) in [7, 11) is 0. The van der Waals surface area contributed by atoms with Crippen LogP contribution in [0, 0.1) is 11.6 Å². The molecule has 3 heterocycles. The first-order valence-electron chi connectivity index (χ1n) is 11.6. The average Bonchev–Trinajstić information content (AvgIpc) is 3.34. The van der Waals surface area contributed by atoms with Crippen molar-refractivity contribution in [1.29, 1.82) is 0 Å².